The van der Waals surface area contributed by atoms with E-state index in [0.717, 1.165) is 42.7 Å². The summed E-state index contributed by atoms with van der Waals surface area (Å²) < 4.78 is 1.94. The maximum absolute atomic E-state index is 5.89. The molecule has 0 saturated carbocycles. The van der Waals surface area contributed by atoms with Crippen molar-refractivity contribution in [3.63, 3.8) is 0 Å². The fourth-order valence-electron chi connectivity index (χ4n) is 1.92. The first-order valence-electron chi connectivity index (χ1n) is 5.97. The van der Waals surface area contributed by atoms with Crippen LogP contribution in [0.25, 0.3) is 11.0 Å². The van der Waals surface area contributed by atoms with Crippen LogP contribution in [-0.2, 0) is 13.0 Å². The number of nitrogens with two attached hydrogens (primary N) is 1. The monoisotopic (exact) mass is 236 g/mol. The number of nitrogen functional groups attached to an aromatic ring is 1. The van der Waals surface area contributed by atoms with Gasteiger partial charge in [0.05, 0.1) is 17.6 Å². The van der Waals surface area contributed by atoms with Gasteiger partial charge in [0.15, 0.2) is 5.65 Å². The number of aryl methyl sites for hydroxylation is 1. The molecule has 0 aliphatic carbocycles. The smallest absolute Gasteiger partial charge is 0.182 e. The second kappa shape index (κ2) is 4.75. The molecule has 0 saturated heterocycles. The summed E-state index contributed by atoms with van der Waals surface area (Å²) in [4.78, 5) is 2.13. The van der Waals surface area contributed by atoms with Gasteiger partial charge < -0.3 is 10.6 Å². The van der Waals surface area contributed by atoms with Crippen molar-refractivity contribution < 1.29 is 0 Å². The van der Waals surface area contributed by atoms with E-state index in [2.05, 4.69) is 27.1 Å². The Hall–Kier alpha value is -1.56. The van der Waals surface area contributed by atoms with Crippen LogP contribution in [0.5, 0.6) is 0 Å². The van der Waals surface area contributed by atoms with E-state index in [4.69, 9.17) is 5.73 Å². The second-order valence-electron chi connectivity index (χ2n) is 4.56. The van der Waals surface area contributed by atoms with Gasteiger partial charge >= 0.3 is 0 Å². The molecule has 2 rings (SSSR count). The van der Waals surface area contributed by atoms with Crippen LogP contribution in [0.1, 0.15) is 19.0 Å². The molecule has 0 bridgehead atoms. The van der Waals surface area contributed by atoms with Gasteiger partial charge in [0, 0.05) is 6.54 Å². The van der Waals surface area contributed by atoms with Gasteiger partial charge in [-0.15, -0.1) is 0 Å². The van der Waals surface area contributed by atoms with E-state index < -0.39 is 0 Å². The van der Waals surface area contributed by atoms with Crippen molar-refractivity contribution in [1.29, 1.82) is 0 Å². The van der Waals surface area contributed by atoms with Crippen LogP contribution >= 0.6 is 0 Å². The summed E-state index contributed by atoms with van der Waals surface area (Å²) in [5, 5.41) is 12.7. The zero-order chi connectivity index (χ0) is 12.4. The van der Waals surface area contributed by atoms with Crippen LogP contribution in [-0.4, -0.2) is 45.5 Å². The number of nitrogens with zero attached hydrogens (tertiary/aromatic N) is 4. The molecule has 94 valence electrons. The Morgan fingerprint density at radius 2 is 2.18 bits per heavy atom. The van der Waals surface area contributed by atoms with E-state index in [1.54, 1.807) is 0 Å². The molecule has 2 aromatic rings. The fourth-order valence-corrected chi connectivity index (χ4v) is 1.92. The van der Waals surface area contributed by atoms with Gasteiger partial charge in [-0.2, -0.15) is 10.2 Å². The molecule has 6 nitrogen and oxygen atoms in total. The summed E-state index contributed by atoms with van der Waals surface area (Å²) in [6.07, 6.45) is 2.00. The number of hydrogen-bond donors (Lipinski definition) is 2. The summed E-state index contributed by atoms with van der Waals surface area (Å²) in [6, 6.07) is 0. The Morgan fingerprint density at radius 1 is 1.41 bits per heavy atom. The molecule has 0 amide bonds. The number of nitrogens with one attached hydrogen (secondary N) is 1. The number of rotatable bonds is 5. The van der Waals surface area contributed by atoms with Crippen molar-refractivity contribution >= 4 is 16.9 Å². The first-order valence-corrected chi connectivity index (χ1v) is 5.97. The molecule has 3 N–H and O–H groups in total. The normalized spacial score (nSPS) is 11.8. The van der Waals surface area contributed by atoms with Crippen LogP contribution in [0.2, 0.25) is 0 Å². The lowest BCUT2D eigenvalue weighted by molar-refractivity contribution is 0.375. The third-order valence-electron chi connectivity index (χ3n) is 2.80. The van der Waals surface area contributed by atoms with Gasteiger partial charge in [-0.3, -0.25) is 5.10 Å². The van der Waals surface area contributed by atoms with Gasteiger partial charge in [-0.05, 0) is 20.5 Å². The summed E-state index contributed by atoms with van der Waals surface area (Å²) in [5.74, 6) is 0.625. The first-order chi connectivity index (χ1) is 8.13. The minimum atomic E-state index is 0.625. The molecule has 0 radical (unpaired) electrons. The van der Waals surface area contributed by atoms with Crippen molar-refractivity contribution in [2.24, 2.45) is 0 Å². The van der Waals surface area contributed by atoms with Crippen LogP contribution in [0, 0.1) is 0 Å². The Kier molecular flexibility index (Phi) is 3.33. The maximum atomic E-state index is 5.89. The average molecular weight is 236 g/mol. The third kappa shape index (κ3) is 2.26. The predicted octanol–water partition coefficient (Wildman–Crippen LogP) is 0.856. The molecule has 2 aromatic heterocycles. The molecule has 0 aromatic carbocycles. The predicted molar refractivity (Wildman–Crippen MR) is 68.8 cm³/mol. The van der Waals surface area contributed by atoms with Crippen LogP contribution in [0.3, 0.4) is 0 Å². The number of fused-ring (bicyclic) bond motifs is 1. The molecular formula is C11H20N6. The highest BCUT2D eigenvalue weighted by molar-refractivity contribution is 5.88. The van der Waals surface area contributed by atoms with Crippen LogP contribution < -0.4 is 5.73 Å². The highest BCUT2D eigenvalue weighted by Crippen LogP contribution is 2.23. The average Bonchev–Trinajstić information content (AvgIpc) is 2.79. The van der Waals surface area contributed by atoms with Crippen LogP contribution in [0.15, 0.2) is 0 Å². The standard InChI is InChI=1S/C11H20N6/c1-4-5-8-9-10(12)13-14-11(9)17(15-8)7-6-16(2)3/h4-7H2,1-3H3,(H3,12,13,14). The van der Waals surface area contributed by atoms with Crippen molar-refractivity contribution in [2.75, 3.05) is 26.4 Å². The SMILES string of the molecule is CCCc1nn(CCN(C)C)c2n[nH]c(N)c12. The molecule has 2 heterocycles. The molecule has 0 fully saturated rings. The number of aromatic amines is 1. The molecule has 0 atom stereocenters. The lowest BCUT2D eigenvalue weighted by atomic mass is 10.2. The fraction of sp³-hybridized carbons (Fsp3) is 0.636. The van der Waals surface area contributed by atoms with Gasteiger partial charge in [-0.25, -0.2) is 4.68 Å². The lowest BCUT2D eigenvalue weighted by Crippen LogP contribution is -2.19. The van der Waals surface area contributed by atoms with Gasteiger partial charge in [-0.1, -0.05) is 13.3 Å². The van der Waals surface area contributed by atoms with Gasteiger partial charge in [0.25, 0.3) is 0 Å². The number of aromatic nitrogens is 4. The van der Waals surface area contributed by atoms with Crippen molar-refractivity contribution in [3.05, 3.63) is 5.69 Å². The molecule has 17 heavy (non-hydrogen) atoms. The highest BCUT2D eigenvalue weighted by Gasteiger charge is 2.15. The largest absolute Gasteiger partial charge is 0.383 e. The van der Waals surface area contributed by atoms with E-state index >= 15 is 0 Å². The van der Waals surface area contributed by atoms with E-state index in [9.17, 15) is 0 Å². The van der Waals surface area contributed by atoms with Gasteiger partial charge in [0.2, 0.25) is 0 Å². The topological polar surface area (TPSA) is 75.8 Å². The Balaban J connectivity index is 2.35. The summed E-state index contributed by atoms with van der Waals surface area (Å²) in [6.45, 7) is 3.91. The number of likely N-dealkylation sites (N-methyl/N-ethyl adjacent to an activating group) is 1. The maximum Gasteiger partial charge on any atom is 0.182 e. The Bertz CT molecular complexity index is 495. The lowest BCUT2D eigenvalue weighted by Gasteiger charge is -2.08. The highest BCUT2D eigenvalue weighted by atomic mass is 15.4. The second-order valence-corrected chi connectivity index (χ2v) is 4.56. The number of hydrogen-bond acceptors (Lipinski definition) is 4. The van der Waals surface area contributed by atoms with Gasteiger partial charge in [0.1, 0.15) is 5.82 Å². The third-order valence-corrected chi connectivity index (χ3v) is 2.80. The van der Waals surface area contributed by atoms with Crippen molar-refractivity contribution in [2.45, 2.75) is 26.3 Å². The van der Waals surface area contributed by atoms with E-state index in [-0.39, 0.29) is 0 Å². The minimum absolute atomic E-state index is 0.625. The molecule has 6 heteroatoms. The summed E-state index contributed by atoms with van der Waals surface area (Å²) >= 11 is 0. The van der Waals surface area contributed by atoms with E-state index in [0.29, 0.717) is 5.82 Å². The number of H-pyrrole nitrogens is 1. The number of anilines is 1. The summed E-state index contributed by atoms with van der Waals surface area (Å²) in [7, 11) is 4.10. The van der Waals surface area contributed by atoms with Crippen molar-refractivity contribution in [3.8, 4) is 0 Å². The Morgan fingerprint density at radius 3 is 2.82 bits per heavy atom. The molecule has 0 aliphatic rings. The minimum Gasteiger partial charge on any atom is -0.383 e. The molecule has 0 spiro atoms. The zero-order valence-corrected chi connectivity index (χ0v) is 10.7. The van der Waals surface area contributed by atoms with Crippen LogP contribution in [0.4, 0.5) is 5.82 Å². The van der Waals surface area contributed by atoms with E-state index in [1.807, 2.05) is 18.8 Å². The molecule has 0 unspecified atom stereocenters. The van der Waals surface area contributed by atoms with Crippen molar-refractivity contribution in [1.82, 2.24) is 24.9 Å². The molecule has 0 aliphatic heterocycles. The summed E-state index contributed by atoms with van der Waals surface area (Å²) in [5.41, 5.74) is 7.81. The zero-order valence-electron chi connectivity index (χ0n) is 10.7. The quantitative estimate of drug-likeness (QED) is 0.807. The first kappa shape index (κ1) is 11.9. The van der Waals surface area contributed by atoms with E-state index in [1.165, 1.54) is 0 Å². The molecular weight excluding hydrogens is 216 g/mol. The Labute approximate surface area is 101 Å².